The number of aromatic nitrogens is 1. The van der Waals surface area contributed by atoms with Crippen LogP contribution in [0.15, 0.2) is 73.1 Å². The van der Waals surface area contributed by atoms with Crippen LogP contribution in [0.25, 0.3) is 0 Å². The molecule has 0 aliphatic carbocycles. The fourth-order valence-electron chi connectivity index (χ4n) is 2.93. The summed E-state index contributed by atoms with van der Waals surface area (Å²) in [6, 6.07) is 19.5. The lowest BCUT2D eigenvalue weighted by Crippen LogP contribution is -2.33. The zero-order chi connectivity index (χ0) is 21.3. The van der Waals surface area contributed by atoms with E-state index in [2.05, 4.69) is 46.4 Å². The number of esters is 1. The zero-order valence-electron chi connectivity index (χ0n) is 17.2. The normalized spacial score (nSPS) is 10.3. The first kappa shape index (κ1) is 21.5. The number of hydrogen-bond acceptors (Lipinski definition) is 4. The Morgan fingerprint density at radius 2 is 1.57 bits per heavy atom. The molecule has 0 spiro atoms. The van der Waals surface area contributed by atoms with Crippen LogP contribution in [0.3, 0.4) is 0 Å². The molecule has 0 bridgehead atoms. The van der Waals surface area contributed by atoms with Crippen LogP contribution in [-0.2, 0) is 17.8 Å². The summed E-state index contributed by atoms with van der Waals surface area (Å²) in [5, 5.41) is 3.89. The van der Waals surface area contributed by atoms with Gasteiger partial charge in [0.05, 0.1) is 12.2 Å². The van der Waals surface area contributed by atoms with Crippen molar-refractivity contribution >= 4 is 29.0 Å². The van der Waals surface area contributed by atoms with E-state index in [0.717, 1.165) is 11.3 Å². The van der Waals surface area contributed by atoms with Gasteiger partial charge in [0.25, 0.3) is 0 Å². The summed E-state index contributed by atoms with van der Waals surface area (Å²) in [6.45, 7) is 5.55. The molecule has 0 atom stereocenters. The quantitative estimate of drug-likeness (QED) is 0.431. The Hall–Kier alpha value is -3.25. The average Bonchev–Trinajstić information content (AvgIpc) is 2.76. The highest BCUT2D eigenvalue weighted by Gasteiger charge is 2.13. The van der Waals surface area contributed by atoms with Crippen molar-refractivity contribution in [1.82, 2.24) is 9.88 Å². The number of nitrogens with zero attached hydrogens (tertiary/aromatic N) is 2. The minimum Gasteiger partial charge on any atom is -0.462 e. The Labute approximate surface area is 182 Å². The molecule has 0 aliphatic heterocycles. The summed E-state index contributed by atoms with van der Waals surface area (Å²) in [6.07, 6.45) is 3.56. The molecule has 2 aromatic carbocycles. The second-order valence-electron chi connectivity index (χ2n) is 6.93. The van der Waals surface area contributed by atoms with Gasteiger partial charge in [-0.15, -0.1) is 0 Å². The number of anilines is 1. The summed E-state index contributed by atoms with van der Waals surface area (Å²) >= 11 is 5.72. The third-order valence-corrected chi connectivity index (χ3v) is 4.91. The van der Waals surface area contributed by atoms with Crippen LogP contribution in [0, 0.1) is 6.92 Å². The molecule has 1 aromatic heterocycles. The van der Waals surface area contributed by atoms with E-state index in [1.165, 1.54) is 11.1 Å². The van der Waals surface area contributed by atoms with E-state index in [4.69, 9.17) is 17.0 Å². The van der Waals surface area contributed by atoms with Crippen LogP contribution in [0.1, 0.15) is 34.0 Å². The minimum absolute atomic E-state index is 0.328. The summed E-state index contributed by atoms with van der Waals surface area (Å²) in [5.41, 5.74) is 4.86. The number of aryl methyl sites for hydroxylation is 1. The van der Waals surface area contributed by atoms with Gasteiger partial charge >= 0.3 is 5.97 Å². The van der Waals surface area contributed by atoms with E-state index < -0.39 is 0 Å². The van der Waals surface area contributed by atoms with Gasteiger partial charge in [-0.1, -0.05) is 29.8 Å². The van der Waals surface area contributed by atoms with Gasteiger partial charge in [-0.2, -0.15) is 0 Å². The number of thiocarbonyl (C=S) groups is 1. The molecular formula is C24H25N3O2S. The van der Waals surface area contributed by atoms with Crippen molar-refractivity contribution < 1.29 is 9.53 Å². The van der Waals surface area contributed by atoms with Crippen LogP contribution >= 0.6 is 12.2 Å². The van der Waals surface area contributed by atoms with Gasteiger partial charge in [-0.05, 0) is 73.6 Å². The highest BCUT2D eigenvalue weighted by atomic mass is 32.1. The lowest BCUT2D eigenvalue weighted by atomic mass is 10.1. The van der Waals surface area contributed by atoms with Gasteiger partial charge < -0.3 is 15.0 Å². The van der Waals surface area contributed by atoms with Crippen LogP contribution < -0.4 is 5.32 Å². The molecule has 0 saturated heterocycles. The molecule has 30 heavy (non-hydrogen) atoms. The molecule has 0 fully saturated rings. The molecule has 0 radical (unpaired) electrons. The highest BCUT2D eigenvalue weighted by molar-refractivity contribution is 7.80. The maximum absolute atomic E-state index is 11.8. The summed E-state index contributed by atoms with van der Waals surface area (Å²) in [7, 11) is 0. The van der Waals surface area contributed by atoms with E-state index in [1.54, 1.807) is 31.5 Å². The number of ether oxygens (including phenoxy) is 1. The summed E-state index contributed by atoms with van der Waals surface area (Å²) in [5.74, 6) is -0.328. The van der Waals surface area contributed by atoms with Crippen LogP contribution in [-0.4, -0.2) is 27.6 Å². The fraction of sp³-hybridized carbons (Fsp3) is 0.208. The second-order valence-corrected chi connectivity index (χ2v) is 7.31. The Bertz CT molecular complexity index is 974. The molecule has 0 aliphatic rings. The molecule has 0 unspecified atom stereocenters. The second kappa shape index (κ2) is 10.5. The van der Waals surface area contributed by atoms with Gasteiger partial charge in [-0.3, -0.25) is 4.98 Å². The lowest BCUT2D eigenvalue weighted by molar-refractivity contribution is 0.0526. The Morgan fingerprint density at radius 1 is 0.967 bits per heavy atom. The van der Waals surface area contributed by atoms with Crippen molar-refractivity contribution in [1.29, 1.82) is 0 Å². The molecule has 3 rings (SSSR count). The summed E-state index contributed by atoms with van der Waals surface area (Å²) < 4.78 is 5.03. The van der Waals surface area contributed by atoms with Crippen molar-refractivity contribution in [3.8, 4) is 0 Å². The number of benzene rings is 2. The highest BCUT2D eigenvalue weighted by Crippen LogP contribution is 2.15. The van der Waals surface area contributed by atoms with Gasteiger partial charge in [0.1, 0.15) is 0 Å². The van der Waals surface area contributed by atoms with Crippen molar-refractivity contribution in [3.05, 3.63) is 95.3 Å². The van der Waals surface area contributed by atoms with Gasteiger partial charge in [0.15, 0.2) is 5.11 Å². The Kier molecular flexibility index (Phi) is 7.51. The number of hydrogen-bond donors (Lipinski definition) is 1. The number of pyridine rings is 1. The molecule has 3 aromatic rings. The molecular weight excluding hydrogens is 394 g/mol. The van der Waals surface area contributed by atoms with Crippen LogP contribution in [0.5, 0.6) is 0 Å². The topological polar surface area (TPSA) is 54.5 Å². The smallest absolute Gasteiger partial charge is 0.338 e. The third kappa shape index (κ3) is 6.12. The first-order chi connectivity index (χ1) is 14.5. The van der Waals surface area contributed by atoms with E-state index in [0.29, 0.717) is 30.4 Å². The maximum Gasteiger partial charge on any atom is 0.338 e. The molecule has 0 amide bonds. The number of rotatable bonds is 7. The third-order valence-electron chi connectivity index (χ3n) is 4.55. The molecule has 1 heterocycles. The first-order valence-corrected chi connectivity index (χ1v) is 10.2. The van der Waals surface area contributed by atoms with Crippen LogP contribution in [0.4, 0.5) is 5.69 Å². The van der Waals surface area contributed by atoms with Gasteiger partial charge in [-0.25, -0.2) is 4.79 Å². The van der Waals surface area contributed by atoms with E-state index >= 15 is 0 Å². The summed E-state index contributed by atoms with van der Waals surface area (Å²) in [4.78, 5) is 18.0. The standard InChI is InChI=1S/C24H25N3O2S/c1-3-29-23(28)21-8-10-22(11-9-21)26-24(30)27(17-20-12-14-25-15-13-20)16-19-6-4-18(2)5-7-19/h4-15H,3,16-17H2,1-2H3,(H,26,30). The van der Waals surface area contributed by atoms with Crippen LogP contribution in [0.2, 0.25) is 0 Å². The monoisotopic (exact) mass is 419 g/mol. The van der Waals surface area contributed by atoms with E-state index in [9.17, 15) is 4.79 Å². The largest absolute Gasteiger partial charge is 0.462 e. The molecule has 0 saturated carbocycles. The Balaban J connectivity index is 1.73. The predicted molar refractivity (Wildman–Crippen MR) is 123 cm³/mol. The number of nitrogens with one attached hydrogen (secondary N) is 1. The van der Waals surface area contributed by atoms with Gasteiger partial charge in [0, 0.05) is 31.2 Å². The van der Waals surface area contributed by atoms with E-state index in [1.807, 2.05) is 24.3 Å². The van der Waals surface area contributed by atoms with E-state index in [-0.39, 0.29) is 5.97 Å². The van der Waals surface area contributed by atoms with Crippen molar-refractivity contribution in [2.45, 2.75) is 26.9 Å². The van der Waals surface area contributed by atoms with Crippen molar-refractivity contribution in [3.63, 3.8) is 0 Å². The lowest BCUT2D eigenvalue weighted by Gasteiger charge is -2.26. The predicted octanol–water partition coefficient (Wildman–Crippen LogP) is 4.97. The van der Waals surface area contributed by atoms with Crippen molar-refractivity contribution in [2.24, 2.45) is 0 Å². The molecule has 154 valence electrons. The molecule has 5 nitrogen and oxygen atoms in total. The zero-order valence-corrected chi connectivity index (χ0v) is 18.0. The average molecular weight is 420 g/mol. The maximum atomic E-state index is 11.8. The van der Waals surface area contributed by atoms with Crippen molar-refractivity contribution in [2.75, 3.05) is 11.9 Å². The minimum atomic E-state index is -0.328. The number of carbonyl (C=O) groups excluding carboxylic acids is 1. The fourth-order valence-corrected chi connectivity index (χ4v) is 3.18. The molecule has 1 N–H and O–H groups in total. The SMILES string of the molecule is CCOC(=O)c1ccc(NC(=S)N(Cc2ccncc2)Cc2ccc(C)cc2)cc1. The number of carbonyl (C=O) groups is 1. The Morgan fingerprint density at radius 3 is 2.17 bits per heavy atom. The first-order valence-electron chi connectivity index (χ1n) is 9.82. The van der Waals surface area contributed by atoms with Gasteiger partial charge in [0.2, 0.25) is 0 Å². The molecule has 6 heteroatoms.